The zero-order valence-corrected chi connectivity index (χ0v) is 11.5. The van der Waals surface area contributed by atoms with Crippen molar-refractivity contribution in [3.8, 4) is 0 Å². The molecule has 0 aliphatic rings. The highest BCUT2D eigenvalue weighted by atomic mass is 16.5. The number of ketones is 1. The average molecular weight is 259 g/mol. The van der Waals surface area contributed by atoms with Crippen LogP contribution >= 0.6 is 0 Å². The van der Waals surface area contributed by atoms with E-state index >= 15 is 0 Å². The Bertz CT molecular complexity index is 231. The Hall–Kier alpha value is -0.940. The molecule has 0 unspecified atom stereocenters. The van der Waals surface area contributed by atoms with Crippen LogP contribution in [0, 0.1) is 0 Å². The molecule has 5 nitrogen and oxygen atoms in total. The molecule has 5 heteroatoms. The quantitative estimate of drug-likeness (QED) is 0.537. The van der Waals surface area contributed by atoms with E-state index in [4.69, 9.17) is 9.47 Å². The van der Waals surface area contributed by atoms with Gasteiger partial charge in [-0.25, -0.2) is 0 Å². The fraction of sp³-hybridized carbons (Fsp3) is 0.846. The number of hydrogen-bond acceptors (Lipinski definition) is 4. The first-order chi connectivity index (χ1) is 8.66. The van der Waals surface area contributed by atoms with Crippen LogP contribution in [0.5, 0.6) is 0 Å². The van der Waals surface area contributed by atoms with Crippen molar-refractivity contribution in [3.05, 3.63) is 0 Å². The first-order valence-electron chi connectivity index (χ1n) is 6.58. The standard InChI is InChI=1S/C13H25NO4/c1-3-4-5-6-13(16)14-7-8-17-9-10-18-11-12(2)15/h3-11H2,1-2H3,(H,14,16). The summed E-state index contributed by atoms with van der Waals surface area (Å²) in [5.41, 5.74) is 0. The van der Waals surface area contributed by atoms with Crippen LogP contribution in [0.2, 0.25) is 0 Å². The van der Waals surface area contributed by atoms with Gasteiger partial charge in [0.25, 0.3) is 0 Å². The van der Waals surface area contributed by atoms with E-state index in [-0.39, 0.29) is 18.3 Å². The van der Waals surface area contributed by atoms with Gasteiger partial charge in [0.1, 0.15) is 6.61 Å². The second kappa shape index (κ2) is 12.5. The molecule has 0 rings (SSSR count). The molecule has 0 aliphatic heterocycles. The molecule has 0 bridgehead atoms. The Morgan fingerprint density at radius 1 is 1.06 bits per heavy atom. The van der Waals surface area contributed by atoms with Crippen LogP contribution in [0.25, 0.3) is 0 Å². The lowest BCUT2D eigenvalue weighted by Crippen LogP contribution is -2.27. The average Bonchev–Trinajstić information content (AvgIpc) is 2.32. The molecule has 0 atom stereocenters. The van der Waals surface area contributed by atoms with Crippen molar-refractivity contribution >= 4 is 11.7 Å². The highest BCUT2D eigenvalue weighted by Gasteiger charge is 1.99. The maximum absolute atomic E-state index is 11.3. The molecule has 0 aromatic heterocycles. The molecule has 0 heterocycles. The molecule has 0 aromatic carbocycles. The summed E-state index contributed by atoms with van der Waals surface area (Å²) in [5.74, 6) is 0.0919. The predicted molar refractivity (Wildman–Crippen MR) is 69.5 cm³/mol. The first-order valence-corrected chi connectivity index (χ1v) is 6.58. The molecular formula is C13H25NO4. The zero-order valence-electron chi connectivity index (χ0n) is 11.5. The van der Waals surface area contributed by atoms with E-state index in [2.05, 4.69) is 12.2 Å². The van der Waals surface area contributed by atoms with Gasteiger partial charge >= 0.3 is 0 Å². The van der Waals surface area contributed by atoms with Gasteiger partial charge in [-0.15, -0.1) is 0 Å². The molecule has 0 aliphatic carbocycles. The van der Waals surface area contributed by atoms with Gasteiger partial charge in [0.05, 0.1) is 19.8 Å². The van der Waals surface area contributed by atoms with Gasteiger partial charge in [0, 0.05) is 13.0 Å². The van der Waals surface area contributed by atoms with Crippen LogP contribution in [0.4, 0.5) is 0 Å². The van der Waals surface area contributed by atoms with Gasteiger partial charge in [0.15, 0.2) is 5.78 Å². The summed E-state index contributed by atoms with van der Waals surface area (Å²) in [6, 6.07) is 0. The van der Waals surface area contributed by atoms with Crippen molar-refractivity contribution in [2.75, 3.05) is 33.0 Å². The first kappa shape index (κ1) is 17.1. The van der Waals surface area contributed by atoms with Crippen molar-refractivity contribution in [1.29, 1.82) is 0 Å². The topological polar surface area (TPSA) is 64.6 Å². The van der Waals surface area contributed by atoms with Crippen LogP contribution in [0.15, 0.2) is 0 Å². The Morgan fingerprint density at radius 2 is 1.78 bits per heavy atom. The lowest BCUT2D eigenvalue weighted by molar-refractivity contribution is -0.123. The minimum atomic E-state index is 0.00865. The Balaban J connectivity index is 3.15. The summed E-state index contributed by atoms with van der Waals surface area (Å²) in [4.78, 5) is 21.8. The summed E-state index contributed by atoms with van der Waals surface area (Å²) in [7, 11) is 0. The lowest BCUT2D eigenvalue weighted by atomic mass is 10.2. The van der Waals surface area contributed by atoms with E-state index in [0.717, 1.165) is 19.3 Å². The Morgan fingerprint density at radius 3 is 2.44 bits per heavy atom. The number of Topliss-reactive ketones (excluding diaryl/α,β-unsaturated/α-hetero) is 1. The van der Waals surface area contributed by atoms with Gasteiger partial charge in [-0.05, 0) is 13.3 Å². The lowest BCUT2D eigenvalue weighted by Gasteiger charge is -2.06. The Labute approximate surface area is 109 Å². The number of amides is 1. The summed E-state index contributed by atoms with van der Waals surface area (Å²) in [5, 5.41) is 2.79. The minimum Gasteiger partial charge on any atom is -0.377 e. The monoisotopic (exact) mass is 259 g/mol. The fourth-order valence-corrected chi connectivity index (χ4v) is 1.32. The maximum Gasteiger partial charge on any atom is 0.220 e. The van der Waals surface area contributed by atoms with Gasteiger partial charge in [-0.3, -0.25) is 9.59 Å². The van der Waals surface area contributed by atoms with E-state index in [9.17, 15) is 9.59 Å². The number of carbonyl (C=O) groups excluding carboxylic acids is 2. The molecular weight excluding hydrogens is 234 g/mol. The number of rotatable bonds is 12. The molecule has 0 saturated heterocycles. The number of ether oxygens (including phenoxy) is 2. The van der Waals surface area contributed by atoms with E-state index < -0.39 is 0 Å². The summed E-state index contributed by atoms with van der Waals surface area (Å²) >= 11 is 0. The van der Waals surface area contributed by atoms with Crippen LogP contribution < -0.4 is 5.32 Å². The Kier molecular flexibility index (Phi) is 11.9. The number of hydrogen-bond donors (Lipinski definition) is 1. The SMILES string of the molecule is CCCCCC(=O)NCCOCCOCC(C)=O. The van der Waals surface area contributed by atoms with Crippen LogP contribution in [0.3, 0.4) is 0 Å². The van der Waals surface area contributed by atoms with Gasteiger partial charge < -0.3 is 14.8 Å². The molecule has 1 N–H and O–H groups in total. The number of carbonyl (C=O) groups is 2. The second-order valence-corrected chi connectivity index (χ2v) is 4.17. The highest BCUT2D eigenvalue weighted by molar-refractivity contribution is 5.76. The largest absolute Gasteiger partial charge is 0.377 e. The highest BCUT2D eigenvalue weighted by Crippen LogP contribution is 1.97. The van der Waals surface area contributed by atoms with Crippen molar-refractivity contribution in [1.82, 2.24) is 5.32 Å². The molecule has 0 saturated carbocycles. The van der Waals surface area contributed by atoms with Crippen LogP contribution in [-0.4, -0.2) is 44.7 Å². The third-order valence-electron chi connectivity index (χ3n) is 2.25. The molecule has 106 valence electrons. The van der Waals surface area contributed by atoms with Crippen molar-refractivity contribution in [2.45, 2.75) is 39.5 Å². The molecule has 18 heavy (non-hydrogen) atoms. The molecule has 0 fully saturated rings. The van der Waals surface area contributed by atoms with Gasteiger partial charge in [0.2, 0.25) is 5.91 Å². The molecule has 1 amide bonds. The molecule has 0 aromatic rings. The van der Waals surface area contributed by atoms with E-state index in [1.807, 2.05) is 0 Å². The summed E-state index contributed by atoms with van der Waals surface area (Å²) < 4.78 is 10.3. The van der Waals surface area contributed by atoms with E-state index in [1.54, 1.807) is 0 Å². The maximum atomic E-state index is 11.3. The predicted octanol–water partition coefficient (Wildman–Crippen LogP) is 1.31. The van der Waals surface area contributed by atoms with Crippen molar-refractivity contribution in [3.63, 3.8) is 0 Å². The normalized spacial score (nSPS) is 10.3. The third kappa shape index (κ3) is 13.1. The fourth-order valence-electron chi connectivity index (χ4n) is 1.32. The van der Waals surface area contributed by atoms with E-state index in [0.29, 0.717) is 32.8 Å². The van der Waals surface area contributed by atoms with Gasteiger partial charge in [-0.1, -0.05) is 19.8 Å². The van der Waals surface area contributed by atoms with Crippen LogP contribution in [-0.2, 0) is 19.1 Å². The number of unbranched alkanes of at least 4 members (excludes halogenated alkanes) is 2. The van der Waals surface area contributed by atoms with Crippen molar-refractivity contribution in [2.24, 2.45) is 0 Å². The number of nitrogens with one attached hydrogen (secondary N) is 1. The summed E-state index contributed by atoms with van der Waals surface area (Å²) in [6.45, 7) is 5.58. The molecule has 0 spiro atoms. The zero-order chi connectivity index (χ0) is 13.6. The summed E-state index contributed by atoms with van der Waals surface area (Å²) in [6.07, 6.45) is 3.76. The molecule has 0 radical (unpaired) electrons. The second-order valence-electron chi connectivity index (χ2n) is 4.17. The van der Waals surface area contributed by atoms with Crippen molar-refractivity contribution < 1.29 is 19.1 Å². The van der Waals surface area contributed by atoms with E-state index in [1.165, 1.54) is 6.92 Å². The van der Waals surface area contributed by atoms with Gasteiger partial charge in [-0.2, -0.15) is 0 Å². The minimum absolute atomic E-state index is 0.00865. The van der Waals surface area contributed by atoms with Crippen LogP contribution in [0.1, 0.15) is 39.5 Å². The third-order valence-corrected chi connectivity index (χ3v) is 2.25. The smallest absolute Gasteiger partial charge is 0.220 e.